The Morgan fingerprint density at radius 1 is 1.61 bits per heavy atom. The Hall–Kier alpha value is -2.06. The van der Waals surface area contributed by atoms with Gasteiger partial charge in [-0.05, 0) is 18.1 Å². The number of fused-ring (bicyclic) bond motifs is 1. The molecule has 1 fully saturated rings. The first-order valence-corrected chi connectivity index (χ1v) is 11.5. The molecule has 0 aromatic carbocycles. The van der Waals surface area contributed by atoms with Crippen molar-refractivity contribution in [1.29, 1.82) is 0 Å². The molecule has 3 atom stereocenters. The van der Waals surface area contributed by atoms with E-state index in [-0.39, 0.29) is 17.0 Å². The zero-order valence-corrected chi connectivity index (χ0v) is 17.3. The summed E-state index contributed by atoms with van der Waals surface area (Å²) in [7, 11) is -2.75. The van der Waals surface area contributed by atoms with Crippen LogP contribution < -0.4 is 5.73 Å². The molecule has 8 nitrogen and oxygen atoms in total. The molecule has 0 bridgehead atoms. The quantitative estimate of drug-likeness (QED) is 0.451. The van der Waals surface area contributed by atoms with E-state index in [2.05, 4.69) is 20.9 Å². The van der Waals surface area contributed by atoms with Gasteiger partial charge in [-0.15, -0.1) is 6.42 Å². The molecule has 0 saturated carbocycles. The van der Waals surface area contributed by atoms with Crippen molar-refractivity contribution in [2.24, 2.45) is 0 Å². The van der Waals surface area contributed by atoms with E-state index in [1.807, 2.05) is 33.9 Å². The van der Waals surface area contributed by atoms with Gasteiger partial charge in [0.1, 0.15) is 6.23 Å². The van der Waals surface area contributed by atoms with E-state index in [0.717, 1.165) is 10.9 Å². The number of hydrogen-bond acceptors (Lipinski definition) is 7. The van der Waals surface area contributed by atoms with Crippen molar-refractivity contribution in [3.05, 3.63) is 12.4 Å². The molecular weight excluding hydrogens is 381 g/mol. The lowest BCUT2D eigenvalue weighted by atomic mass is 9.99. The predicted octanol–water partition coefficient (Wildman–Crippen LogP) is 2.22. The van der Waals surface area contributed by atoms with Crippen LogP contribution in [0.15, 0.2) is 6.33 Å². The van der Waals surface area contributed by atoms with Crippen LogP contribution in [0, 0.1) is 18.4 Å². The molecule has 2 aromatic heterocycles. The van der Waals surface area contributed by atoms with Crippen LogP contribution in [0.4, 0.5) is 10.2 Å². The fraction of sp³-hybridized carbons (Fsp3) is 0.611. The molecule has 10 heteroatoms. The highest BCUT2D eigenvalue weighted by molar-refractivity contribution is 6.74. The second-order valence-electron chi connectivity index (χ2n) is 8.09. The molecule has 1 aliphatic heterocycles. The zero-order valence-electron chi connectivity index (χ0n) is 20.3. The Labute approximate surface area is 170 Å². The topological polar surface area (TPSA) is 108 Å². The number of anilines is 1. The van der Waals surface area contributed by atoms with Gasteiger partial charge in [-0.3, -0.25) is 4.57 Å². The maximum atomic E-state index is 13.8. The van der Waals surface area contributed by atoms with Crippen molar-refractivity contribution < 1.29 is 24.1 Å². The number of ether oxygens (including phenoxy) is 1. The van der Waals surface area contributed by atoms with Crippen LogP contribution >= 0.6 is 0 Å². The molecule has 152 valence electrons. The molecule has 0 aliphatic carbocycles. The summed E-state index contributed by atoms with van der Waals surface area (Å²) in [4.78, 5) is 11.0. The van der Waals surface area contributed by atoms with Gasteiger partial charge < -0.3 is 20.0 Å². The molecule has 0 spiro atoms. The Balaban J connectivity index is 2.23. The highest BCUT2D eigenvalue weighted by atomic mass is 28.4. The third kappa shape index (κ3) is 3.28. The second-order valence-corrected chi connectivity index (χ2v) is 12.8. The number of halogens is 1. The van der Waals surface area contributed by atoms with Gasteiger partial charge in [-0.1, -0.05) is 26.7 Å². The summed E-state index contributed by atoms with van der Waals surface area (Å²) in [5.74, 6) is 1.84. The summed E-state index contributed by atoms with van der Waals surface area (Å²) in [6.45, 7) is 6.23. The van der Waals surface area contributed by atoms with E-state index >= 15 is 0 Å². The molecule has 1 aliphatic rings. The standard InChI is InChI=1S/C18H26FN5O3Si/c1-7-18(9-25)11(27-28(5,6)17(2,3)4)8-12(26-18)24-10-21-13-14(20)22-16(19)23-15(13)24/h1,10-12,25H,8-9H2,2-6H3,(H2,20,22,23)/t11-,12+,18+/m0/s1/i8D2,9D2. The zero-order chi connectivity index (χ0) is 24.5. The van der Waals surface area contributed by atoms with Crippen LogP contribution in [0.3, 0.4) is 0 Å². The molecule has 3 rings (SSSR count). The smallest absolute Gasteiger partial charge is 0.312 e. The third-order valence-corrected chi connectivity index (χ3v) is 9.67. The lowest BCUT2D eigenvalue weighted by Gasteiger charge is -2.41. The second kappa shape index (κ2) is 6.77. The summed E-state index contributed by atoms with van der Waals surface area (Å²) >= 11 is 0. The van der Waals surface area contributed by atoms with Crippen LogP contribution in [-0.2, 0) is 9.16 Å². The molecule has 2 aromatic rings. The number of hydrogen-bond donors (Lipinski definition) is 2. The van der Waals surface area contributed by atoms with Crippen LogP contribution in [0.2, 0.25) is 18.1 Å². The summed E-state index contributed by atoms with van der Waals surface area (Å²) in [6, 6.07) is 0. The summed E-state index contributed by atoms with van der Waals surface area (Å²) in [5.41, 5.74) is 2.99. The highest BCUT2D eigenvalue weighted by Crippen LogP contribution is 2.44. The number of nitrogens with zero attached hydrogens (tertiary/aromatic N) is 4. The molecule has 1 saturated heterocycles. The molecule has 0 amide bonds. The maximum absolute atomic E-state index is 13.8. The summed E-state index contributed by atoms with van der Waals surface area (Å²) in [5, 5.41) is 10.00. The van der Waals surface area contributed by atoms with Gasteiger partial charge in [0.2, 0.25) is 0 Å². The number of nitrogen functional groups attached to an aromatic ring is 1. The predicted molar refractivity (Wildman–Crippen MR) is 105 cm³/mol. The molecule has 0 unspecified atom stereocenters. The van der Waals surface area contributed by atoms with Gasteiger partial charge in [-0.2, -0.15) is 14.4 Å². The number of aliphatic hydroxyl groups is 1. The first-order valence-electron chi connectivity index (χ1n) is 10.6. The van der Waals surface area contributed by atoms with Crippen molar-refractivity contribution in [3.8, 4) is 12.3 Å². The molecular formula is C18H26FN5O3Si. The van der Waals surface area contributed by atoms with Crippen LogP contribution in [0.5, 0.6) is 0 Å². The van der Waals surface area contributed by atoms with E-state index in [1.165, 1.54) is 0 Å². The molecule has 3 heterocycles. The van der Waals surface area contributed by atoms with Crippen LogP contribution in [0.1, 0.15) is 38.9 Å². The van der Waals surface area contributed by atoms with Crippen LogP contribution in [-0.4, -0.2) is 51.2 Å². The monoisotopic (exact) mass is 411 g/mol. The first kappa shape index (κ1) is 15.8. The minimum absolute atomic E-state index is 0.00196. The minimum Gasteiger partial charge on any atom is -0.410 e. The summed E-state index contributed by atoms with van der Waals surface area (Å²) < 4.78 is 60.5. The Morgan fingerprint density at radius 2 is 2.29 bits per heavy atom. The van der Waals surface area contributed by atoms with Gasteiger partial charge in [0.25, 0.3) is 0 Å². The van der Waals surface area contributed by atoms with Crippen molar-refractivity contribution in [2.75, 3.05) is 12.3 Å². The number of rotatable bonds is 4. The molecule has 0 radical (unpaired) electrons. The Kier molecular flexibility index (Phi) is 3.82. The lowest BCUT2D eigenvalue weighted by molar-refractivity contribution is -0.0866. The average Bonchev–Trinajstić information content (AvgIpc) is 3.11. The van der Waals surface area contributed by atoms with Gasteiger partial charge in [-0.25, -0.2) is 4.98 Å². The Morgan fingerprint density at radius 3 is 2.86 bits per heavy atom. The van der Waals surface area contributed by atoms with E-state index in [0.29, 0.717) is 0 Å². The van der Waals surface area contributed by atoms with Crippen molar-refractivity contribution in [1.82, 2.24) is 19.5 Å². The highest BCUT2D eigenvalue weighted by Gasteiger charge is 2.53. The van der Waals surface area contributed by atoms with E-state index in [9.17, 15) is 9.50 Å². The number of terminal acetylenes is 1. The Bertz CT molecular complexity index is 1100. The average molecular weight is 412 g/mol. The fourth-order valence-corrected chi connectivity index (χ4v) is 3.73. The van der Waals surface area contributed by atoms with E-state index in [1.54, 1.807) is 0 Å². The number of imidazole rings is 1. The SMILES string of the molecule is [2H]C1([2H])[C@H](n2cnc3c(N)nc(F)nc32)O[C@](C#C)(C([2H])([2H])O)[C@H]1O[Si](C)(C)C(C)(C)C. The van der Waals surface area contributed by atoms with Gasteiger partial charge in [0.15, 0.2) is 30.9 Å². The normalized spacial score (nSPS) is 30.4. The van der Waals surface area contributed by atoms with Crippen molar-refractivity contribution in [2.45, 2.75) is 63.2 Å². The summed E-state index contributed by atoms with van der Waals surface area (Å²) in [6.07, 6.45) is -0.302. The number of aromatic nitrogens is 4. The molecule has 28 heavy (non-hydrogen) atoms. The van der Waals surface area contributed by atoms with E-state index in [4.69, 9.17) is 26.8 Å². The largest absolute Gasteiger partial charge is 0.410 e. The first-order chi connectivity index (χ1) is 14.4. The van der Waals surface area contributed by atoms with Gasteiger partial charge in [0.05, 0.1) is 21.7 Å². The van der Waals surface area contributed by atoms with Crippen molar-refractivity contribution in [3.63, 3.8) is 0 Å². The maximum Gasteiger partial charge on any atom is 0.312 e. The minimum atomic E-state index is -3.19. The van der Waals surface area contributed by atoms with Gasteiger partial charge >= 0.3 is 6.08 Å². The van der Waals surface area contributed by atoms with Crippen molar-refractivity contribution >= 4 is 25.3 Å². The third-order valence-electron chi connectivity index (χ3n) is 5.23. The molecule has 3 N–H and O–H groups in total. The fourth-order valence-electron chi connectivity index (χ4n) is 2.55. The van der Waals surface area contributed by atoms with Gasteiger partial charge in [0, 0.05) is 9.11 Å². The van der Waals surface area contributed by atoms with Crippen LogP contribution in [0.25, 0.3) is 11.2 Å². The van der Waals surface area contributed by atoms with E-state index < -0.39 is 50.3 Å². The lowest BCUT2D eigenvalue weighted by Crippen LogP contribution is -2.51. The number of nitrogens with two attached hydrogens (primary N) is 1.